The molecule has 0 heterocycles. The Hall–Kier alpha value is -1.98. The van der Waals surface area contributed by atoms with Crippen molar-refractivity contribution in [3.05, 3.63) is 29.8 Å². The lowest BCUT2D eigenvalue weighted by Crippen LogP contribution is -2.17. The van der Waals surface area contributed by atoms with Crippen LogP contribution in [0.15, 0.2) is 18.2 Å². The summed E-state index contributed by atoms with van der Waals surface area (Å²) in [5.41, 5.74) is -0.0496. The molecule has 0 fully saturated rings. The molecular weight excluding hydrogens is 220 g/mol. The first kappa shape index (κ1) is 12.1. The van der Waals surface area contributed by atoms with Crippen molar-refractivity contribution in [1.82, 2.24) is 0 Å². The average molecular weight is 229 g/mol. The molecule has 0 spiro atoms. The summed E-state index contributed by atoms with van der Waals surface area (Å²) in [7, 11) is 1.14. The highest BCUT2D eigenvalue weighted by molar-refractivity contribution is 6.01. The molecule has 86 valence electrons. The van der Waals surface area contributed by atoms with E-state index in [9.17, 15) is 18.4 Å². The Morgan fingerprint density at radius 1 is 1.25 bits per heavy atom. The normalized spacial score (nSPS) is 9.69. The van der Waals surface area contributed by atoms with E-state index in [1.54, 1.807) is 0 Å². The van der Waals surface area contributed by atoms with Crippen molar-refractivity contribution in [3.8, 4) is 0 Å². The lowest BCUT2D eigenvalue weighted by atomic mass is 10.3. The Labute approximate surface area is 90.2 Å². The van der Waals surface area contributed by atoms with Crippen LogP contribution in [0.2, 0.25) is 0 Å². The zero-order valence-electron chi connectivity index (χ0n) is 8.42. The highest BCUT2D eigenvalue weighted by Gasteiger charge is 2.10. The van der Waals surface area contributed by atoms with Crippen LogP contribution in [-0.2, 0) is 14.3 Å². The Balaban J connectivity index is 2.66. The molecule has 0 radical (unpaired) electrons. The first-order valence-corrected chi connectivity index (χ1v) is 4.34. The summed E-state index contributed by atoms with van der Waals surface area (Å²) in [6.45, 7) is 0. The number of amides is 1. The second kappa shape index (κ2) is 5.20. The van der Waals surface area contributed by atoms with Crippen molar-refractivity contribution in [1.29, 1.82) is 0 Å². The summed E-state index contributed by atoms with van der Waals surface area (Å²) >= 11 is 0. The van der Waals surface area contributed by atoms with Crippen LogP contribution in [0.4, 0.5) is 14.5 Å². The number of ether oxygens (including phenoxy) is 1. The number of hydrogen-bond acceptors (Lipinski definition) is 3. The maximum atomic E-state index is 12.7. The Morgan fingerprint density at radius 2 is 1.81 bits per heavy atom. The van der Waals surface area contributed by atoms with Gasteiger partial charge in [0.05, 0.1) is 7.11 Å². The van der Waals surface area contributed by atoms with Crippen molar-refractivity contribution in [2.45, 2.75) is 6.42 Å². The molecule has 0 unspecified atom stereocenters. The van der Waals surface area contributed by atoms with Gasteiger partial charge in [0.15, 0.2) is 0 Å². The first-order valence-electron chi connectivity index (χ1n) is 4.34. The standard InChI is InChI=1S/C10H9F2NO3/c1-16-10(15)5-9(14)13-8-3-6(11)2-7(12)4-8/h2-4H,5H2,1H3,(H,13,14). The number of carbonyl (C=O) groups is 2. The summed E-state index contributed by atoms with van der Waals surface area (Å²) in [6, 6.07) is 2.56. The summed E-state index contributed by atoms with van der Waals surface area (Å²) in [5, 5.41) is 2.17. The van der Waals surface area contributed by atoms with Crippen LogP contribution in [0.1, 0.15) is 6.42 Å². The van der Waals surface area contributed by atoms with Crippen molar-refractivity contribution in [3.63, 3.8) is 0 Å². The lowest BCUT2D eigenvalue weighted by molar-refractivity contribution is -0.142. The molecule has 0 aliphatic rings. The second-order valence-corrected chi connectivity index (χ2v) is 2.96. The van der Waals surface area contributed by atoms with Gasteiger partial charge in [-0.05, 0) is 12.1 Å². The van der Waals surface area contributed by atoms with E-state index in [-0.39, 0.29) is 5.69 Å². The highest BCUT2D eigenvalue weighted by Crippen LogP contribution is 2.12. The molecule has 0 saturated heterocycles. The maximum Gasteiger partial charge on any atom is 0.315 e. The Morgan fingerprint density at radius 3 is 2.31 bits per heavy atom. The fourth-order valence-corrected chi connectivity index (χ4v) is 1.03. The van der Waals surface area contributed by atoms with Crippen LogP contribution in [0.25, 0.3) is 0 Å². The van der Waals surface area contributed by atoms with Crippen molar-refractivity contribution >= 4 is 17.6 Å². The van der Waals surface area contributed by atoms with Gasteiger partial charge in [-0.15, -0.1) is 0 Å². The fraction of sp³-hybridized carbons (Fsp3) is 0.200. The van der Waals surface area contributed by atoms with E-state index in [2.05, 4.69) is 10.1 Å². The number of nitrogens with one attached hydrogen (secondary N) is 1. The van der Waals surface area contributed by atoms with Crippen LogP contribution in [0.5, 0.6) is 0 Å². The van der Waals surface area contributed by atoms with Gasteiger partial charge >= 0.3 is 5.97 Å². The molecule has 0 aliphatic heterocycles. The lowest BCUT2D eigenvalue weighted by Gasteiger charge is -2.04. The molecule has 16 heavy (non-hydrogen) atoms. The summed E-state index contributed by atoms with van der Waals surface area (Å²) < 4.78 is 29.7. The van der Waals surface area contributed by atoms with E-state index in [1.807, 2.05) is 0 Å². The van der Waals surface area contributed by atoms with Gasteiger partial charge in [0.25, 0.3) is 0 Å². The van der Waals surface area contributed by atoms with Crippen LogP contribution in [-0.4, -0.2) is 19.0 Å². The SMILES string of the molecule is COC(=O)CC(=O)Nc1cc(F)cc(F)c1. The molecule has 1 N–H and O–H groups in total. The predicted octanol–water partition coefficient (Wildman–Crippen LogP) is 1.47. The largest absolute Gasteiger partial charge is 0.469 e. The first-order chi connectivity index (χ1) is 7.51. The molecule has 4 nitrogen and oxygen atoms in total. The van der Waals surface area contributed by atoms with Crippen LogP contribution in [0, 0.1) is 11.6 Å². The monoisotopic (exact) mass is 229 g/mol. The minimum absolute atomic E-state index is 0.0496. The summed E-state index contributed by atoms with van der Waals surface area (Å²) in [6.07, 6.45) is -0.505. The molecule has 1 aromatic rings. The smallest absolute Gasteiger partial charge is 0.315 e. The number of carbonyl (C=O) groups excluding carboxylic acids is 2. The Bertz CT molecular complexity index is 400. The van der Waals surface area contributed by atoms with E-state index in [0.717, 1.165) is 19.2 Å². The number of rotatable bonds is 3. The van der Waals surface area contributed by atoms with Crippen LogP contribution in [0.3, 0.4) is 0 Å². The van der Waals surface area contributed by atoms with E-state index in [4.69, 9.17) is 0 Å². The van der Waals surface area contributed by atoms with E-state index < -0.39 is 29.9 Å². The fourth-order valence-electron chi connectivity index (χ4n) is 1.03. The number of benzene rings is 1. The van der Waals surface area contributed by atoms with Gasteiger partial charge in [-0.1, -0.05) is 0 Å². The minimum atomic E-state index is -0.812. The molecule has 1 amide bonds. The minimum Gasteiger partial charge on any atom is -0.469 e. The van der Waals surface area contributed by atoms with Gasteiger partial charge in [0.2, 0.25) is 5.91 Å². The number of methoxy groups -OCH3 is 1. The zero-order chi connectivity index (χ0) is 12.1. The molecule has 0 saturated carbocycles. The van der Waals surface area contributed by atoms with Gasteiger partial charge in [-0.25, -0.2) is 8.78 Å². The van der Waals surface area contributed by atoms with Gasteiger partial charge in [-0.2, -0.15) is 0 Å². The zero-order valence-corrected chi connectivity index (χ0v) is 8.42. The maximum absolute atomic E-state index is 12.7. The van der Waals surface area contributed by atoms with Crippen molar-refractivity contribution in [2.24, 2.45) is 0 Å². The number of esters is 1. The van der Waals surface area contributed by atoms with E-state index >= 15 is 0 Å². The molecule has 0 bridgehead atoms. The van der Waals surface area contributed by atoms with Crippen molar-refractivity contribution in [2.75, 3.05) is 12.4 Å². The molecule has 0 aromatic heterocycles. The molecular formula is C10H9F2NO3. The third-order valence-electron chi connectivity index (χ3n) is 1.68. The number of hydrogen-bond donors (Lipinski definition) is 1. The van der Waals surface area contributed by atoms with Gasteiger partial charge in [0.1, 0.15) is 18.1 Å². The van der Waals surface area contributed by atoms with E-state index in [1.165, 1.54) is 0 Å². The number of halogens is 2. The summed E-state index contributed by atoms with van der Waals surface area (Å²) in [4.78, 5) is 21.9. The van der Waals surface area contributed by atoms with Crippen molar-refractivity contribution < 1.29 is 23.1 Å². The highest BCUT2D eigenvalue weighted by atomic mass is 19.1. The topological polar surface area (TPSA) is 55.4 Å². The third kappa shape index (κ3) is 3.64. The second-order valence-electron chi connectivity index (χ2n) is 2.96. The molecule has 1 rings (SSSR count). The number of anilines is 1. The molecule has 1 aromatic carbocycles. The molecule has 0 atom stereocenters. The van der Waals surface area contributed by atoms with E-state index in [0.29, 0.717) is 6.07 Å². The quantitative estimate of drug-likeness (QED) is 0.630. The van der Waals surface area contributed by atoms with Gasteiger partial charge in [-0.3, -0.25) is 9.59 Å². The predicted molar refractivity (Wildman–Crippen MR) is 51.6 cm³/mol. The molecule has 6 heteroatoms. The summed E-state index contributed by atoms with van der Waals surface area (Å²) in [5.74, 6) is -3.05. The van der Waals surface area contributed by atoms with Gasteiger partial charge in [0, 0.05) is 11.8 Å². The molecule has 0 aliphatic carbocycles. The van der Waals surface area contributed by atoms with Gasteiger partial charge < -0.3 is 10.1 Å². The average Bonchev–Trinajstić information content (AvgIpc) is 2.15. The Kier molecular flexibility index (Phi) is 3.93. The van der Waals surface area contributed by atoms with Crippen LogP contribution >= 0.6 is 0 Å². The third-order valence-corrected chi connectivity index (χ3v) is 1.68. The van der Waals surface area contributed by atoms with Crippen LogP contribution < -0.4 is 5.32 Å².